The molecule has 2 aromatic carbocycles. The zero-order chi connectivity index (χ0) is 21.0. The molecule has 3 rings (SSSR count). The number of carbonyl (C=O) groups excluding carboxylic acids is 2. The van der Waals surface area contributed by atoms with Gasteiger partial charge < -0.3 is 15.2 Å². The molecule has 8 heteroatoms. The zero-order valence-electron chi connectivity index (χ0n) is 16.2. The van der Waals surface area contributed by atoms with Gasteiger partial charge in [-0.15, -0.1) is 0 Å². The molecule has 2 N–H and O–H groups in total. The second kappa shape index (κ2) is 8.87. The van der Waals surface area contributed by atoms with E-state index >= 15 is 0 Å². The molecule has 0 aliphatic heterocycles. The smallest absolute Gasteiger partial charge is 0.258 e. The Bertz CT molecular complexity index is 1130. The van der Waals surface area contributed by atoms with Gasteiger partial charge in [0, 0.05) is 29.7 Å². The Balaban J connectivity index is 1.90. The van der Waals surface area contributed by atoms with E-state index in [1.807, 2.05) is 6.92 Å². The number of hydrogen-bond donors (Lipinski definition) is 2. The summed E-state index contributed by atoms with van der Waals surface area (Å²) >= 11 is 6.01. The van der Waals surface area contributed by atoms with Crippen molar-refractivity contribution in [1.82, 2.24) is 14.9 Å². The number of aromatic nitrogens is 2. The Morgan fingerprint density at radius 3 is 2.72 bits per heavy atom. The lowest BCUT2D eigenvalue weighted by molar-refractivity contribution is -0.114. The Morgan fingerprint density at radius 1 is 1.21 bits per heavy atom. The van der Waals surface area contributed by atoms with Crippen molar-refractivity contribution in [1.29, 1.82) is 0 Å². The van der Waals surface area contributed by atoms with E-state index in [2.05, 4.69) is 15.3 Å². The van der Waals surface area contributed by atoms with Crippen molar-refractivity contribution in [2.75, 3.05) is 11.9 Å². The summed E-state index contributed by atoms with van der Waals surface area (Å²) in [6.07, 6.45) is 0.737. The van der Waals surface area contributed by atoms with Crippen LogP contribution in [0.15, 0.2) is 47.3 Å². The highest BCUT2D eigenvalue weighted by molar-refractivity contribution is 6.31. The molecule has 150 valence electrons. The third kappa shape index (κ3) is 5.00. The molecule has 3 aromatic rings. The minimum absolute atomic E-state index is 0.148. The number of carbonyl (C=O) groups is 2. The standard InChI is InChI=1S/C21H21ClN4O3/c1-3-9-26(21(29)14-5-4-6-16(10-14)23-13(2)27)12-19-24-18-11-15(22)7-8-17(18)20(28)25-19/h4-8,10-11H,3,9,12H2,1-2H3,(H,23,27)(H,24,25,28). The van der Waals surface area contributed by atoms with Gasteiger partial charge in [0.2, 0.25) is 5.91 Å². The number of rotatable bonds is 6. The van der Waals surface area contributed by atoms with Crippen LogP contribution in [-0.4, -0.2) is 33.2 Å². The molecule has 0 atom stereocenters. The molecule has 0 unspecified atom stereocenters. The molecule has 0 radical (unpaired) electrons. The Morgan fingerprint density at radius 2 is 2.00 bits per heavy atom. The highest BCUT2D eigenvalue weighted by Crippen LogP contribution is 2.17. The second-order valence-electron chi connectivity index (χ2n) is 6.66. The van der Waals surface area contributed by atoms with Crippen molar-refractivity contribution in [3.63, 3.8) is 0 Å². The lowest BCUT2D eigenvalue weighted by Gasteiger charge is -2.22. The topological polar surface area (TPSA) is 95.2 Å². The molecule has 0 aliphatic rings. The van der Waals surface area contributed by atoms with Crippen molar-refractivity contribution in [3.8, 4) is 0 Å². The SMILES string of the molecule is CCCN(Cc1nc2cc(Cl)ccc2c(=O)[nH]1)C(=O)c1cccc(NC(C)=O)c1. The van der Waals surface area contributed by atoms with Gasteiger partial charge in [-0.3, -0.25) is 14.4 Å². The quantitative estimate of drug-likeness (QED) is 0.646. The number of benzene rings is 2. The first-order valence-electron chi connectivity index (χ1n) is 9.22. The summed E-state index contributed by atoms with van der Waals surface area (Å²) in [5, 5.41) is 3.60. The Kier molecular flexibility index (Phi) is 6.29. The highest BCUT2D eigenvalue weighted by atomic mass is 35.5. The molecule has 0 spiro atoms. The van der Waals surface area contributed by atoms with Crippen molar-refractivity contribution < 1.29 is 9.59 Å². The summed E-state index contributed by atoms with van der Waals surface area (Å²) in [6, 6.07) is 11.6. The first-order valence-corrected chi connectivity index (χ1v) is 9.60. The van der Waals surface area contributed by atoms with Crippen LogP contribution in [0.2, 0.25) is 5.02 Å². The number of nitrogens with zero attached hydrogens (tertiary/aromatic N) is 2. The molecule has 2 amide bonds. The first-order chi connectivity index (χ1) is 13.9. The lowest BCUT2D eigenvalue weighted by atomic mass is 10.1. The van der Waals surface area contributed by atoms with Crippen molar-refractivity contribution in [2.45, 2.75) is 26.8 Å². The number of fused-ring (bicyclic) bond motifs is 1. The minimum atomic E-state index is -0.279. The zero-order valence-corrected chi connectivity index (χ0v) is 16.9. The van der Waals surface area contributed by atoms with Gasteiger partial charge in [0.1, 0.15) is 5.82 Å². The number of anilines is 1. The number of aromatic amines is 1. The molecule has 0 fully saturated rings. The van der Waals surface area contributed by atoms with Gasteiger partial charge in [-0.05, 0) is 42.8 Å². The van der Waals surface area contributed by atoms with Crippen LogP contribution < -0.4 is 10.9 Å². The molecule has 1 heterocycles. The third-order valence-electron chi connectivity index (χ3n) is 4.27. The summed E-state index contributed by atoms with van der Waals surface area (Å²) in [5.74, 6) is -0.0471. The predicted molar refractivity (Wildman–Crippen MR) is 113 cm³/mol. The Labute approximate surface area is 172 Å². The van der Waals surface area contributed by atoms with Crippen LogP contribution in [0.1, 0.15) is 36.5 Å². The highest BCUT2D eigenvalue weighted by Gasteiger charge is 2.18. The van der Waals surface area contributed by atoms with Crippen LogP contribution in [0.25, 0.3) is 10.9 Å². The molecule has 29 heavy (non-hydrogen) atoms. The first kappa shape index (κ1) is 20.5. The fraction of sp³-hybridized carbons (Fsp3) is 0.238. The van der Waals surface area contributed by atoms with Crippen molar-refractivity contribution in [3.05, 3.63) is 69.2 Å². The van der Waals surface area contributed by atoms with Crippen molar-refractivity contribution >= 4 is 40.0 Å². The lowest BCUT2D eigenvalue weighted by Crippen LogP contribution is -2.32. The van der Waals surface area contributed by atoms with Crippen LogP contribution in [-0.2, 0) is 11.3 Å². The summed E-state index contributed by atoms with van der Waals surface area (Å²) in [7, 11) is 0. The molecule has 0 bridgehead atoms. The monoisotopic (exact) mass is 412 g/mol. The van der Waals surface area contributed by atoms with E-state index in [0.717, 1.165) is 6.42 Å². The molecule has 7 nitrogen and oxygen atoms in total. The van der Waals surface area contributed by atoms with E-state index in [1.165, 1.54) is 6.92 Å². The largest absolute Gasteiger partial charge is 0.331 e. The van der Waals surface area contributed by atoms with Gasteiger partial charge in [0.05, 0.1) is 17.4 Å². The average Bonchev–Trinajstić information content (AvgIpc) is 2.66. The van der Waals surface area contributed by atoms with E-state index in [4.69, 9.17) is 11.6 Å². The maximum absolute atomic E-state index is 13.1. The van der Waals surface area contributed by atoms with E-state index < -0.39 is 0 Å². The van der Waals surface area contributed by atoms with Crippen LogP contribution in [0, 0.1) is 0 Å². The summed E-state index contributed by atoms with van der Waals surface area (Å²) < 4.78 is 0. The molecular formula is C21H21ClN4O3. The summed E-state index contributed by atoms with van der Waals surface area (Å²) in [4.78, 5) is 45.5. The van der Waals surface area contributed by atoms with E-state index in [0.29, 0.717) is 39.5 Å². The van der Waals surface area contributed by atoms with Crippen LogP contribution >= 0.6 is 11.6 Å². The second-order valence-corrected chi connectivity index (χ2v) is 7.10. The number of hydrogen-bond acceptors (Lipinski definition) is 4. The molecule has 1 aromatic heterocycles. The number of halogens is 1. The van der Waals surface area contributed by atoms with Crippen LogP contribution in [0.5, 0.6) is 0 Å². The normalized spacial score (nSPS) is 10.7. The molecular weight excluding hydrogens is 392 g/mol. The van der Waals surface area contributed by atoms with E-state index in [1.54, 1.807) is 47.4 Å². The number of H-pyrrole nitrogens is 1. The van der Waals surface area contributed by atoms with Gasteiger partial charge in [0.25, 0.3) is 11.5 Å². The van der Waals surface area contributed by atoms with E-state index in [-0.39, 0.29) is 23.9 Å². The fourth-order valence-corrected chi connectivity index (χ4v) is 3.22. The molecule has 0 saturated heterocycles. The Hall–Kier alpha value is -3.19. The van der Waals surface area contributed by atoms with Gasteiger partial charge in [-0.25, -0.2) is 4.98 Å². The molecule has 0 aliphatic carbocycles. The van der Waals surface area contributed by atoms with Crippen molar-refractivity contribution in [2.24, 2.45) is 0 Å². The number of nitrogens with one attached hydrogen (secondary N) is 2. The number of amides is 2. The summed E-state index contributed by atoms with van der Waals surface area (Å²) in [5.41, 5.74) is 1.19. The predicted octanol–water partition coefficient (Wildman–Crippen LogP) is 3.59. The fourth-order valence-electron chi connectivity index (χ4n) is 3.05. The molecule has 0 saturated carbocycles. The van der Waals surface area contributed by atoms with E-state index in [9.17, 15) is 14.4 Å². The average molecular weight is 413 g/mol. The van der Waals surface area contributed by atoms with Gasteiger partial charge in [-0.2, -0.15) is 0 Å². The van der Waals surface area contributed by atoms with Crippen LogP contribution in [0.3, 0.4) is 0 Å². The third-order valence-corrected chi connectivity index (χ3v) is 4.50. The van der Waals surface area contributed by atoms with Gasteiger partial charge in [0.15, 0.2) is 0 Å². The van der Waals surface area contributed by atoms with Gasteiger partial charge in [-0.1, -0.05) is 24.6 Å². The maximum atomic E-state index is 13.1. The maximum Gasteiger partial charge on any atom is 0.258 e. The minimum Gasteiger partial charge on any atom is -0.331 e. The van der Waals surface area contributed by atoms with Gasteiger partial charge >= 0.3 is 0 Å². The summed E-state index contributed by atoms with van der Waals surface area (Å²) in [6.45, 7) is 4.01. The van der Waals surface area contributed by atoms with Crippen LogP contribution in [0.4, 0.5) is 5.69 Å².